The minimum atomic E-state index is 0. The Labute approximate surface area is 158 Å². The lowest BCUT2D eigenvalue weighted by Crippen LogP contribution is -2.39. The lowest BCUT2D eigenvalue weighted by atomic mass is 9.89. The van der Waals surface area contributed by atoms with Crippen LogP contribution in [0.1, 0.15) is 32.1 Å². The molecule has 1 amide bonds. The maximum absolute atomic E-state index is 12.4. The van der Waals surface area contributed by atoms with E-state index in [1.54, 1.807) is 23.3 Å². The van der Waals surface area contributed by atoms with Gasteiger partial charge in [-0.25, -0.2) is 14.6 Å². The number of rotatable bonds is 4. The maximum Gasteiger partial charge on any atom is 0.224 e. The van der Waals surface area contributed by atoms with Crippen LogP contribution in [0.5, 0.6) is 0 Å². The van der Waals surface area contributed by atoms with Crippen LogP contribution in [0.4, 0.5) is 5.69 Å². The number of piperidine rings is 1. The highest BCUT2D eigenvalue weighted by molar-refractivity contribution is 5.92. The van der Waals surface area contributed by atoms with E-state index in [0.717, 1.165) is 12.8 Å². The summed E-state index contributed by atoms with van der Waals surface area (Å²) < 4.78 is 1.56. The van der Waals surface area contributed by atoms with Crippen LogP contribution in [-0.4, -0.2) is 37.7 Å². The first-order chi connectivity index (χ1) is 11.3. The number of anilines is 1. The molecule has 0 aromatic carbocycles. The third kappa shape index (κ3) is 4.48. The molecule has 2 saturated heterocycles. The van der Waals surface area contributed by atoms with Crippen molar-refractivity contribution < 1.29 is 4.79 Å². The van der Waals surface area contributed by atoms with Crippen LogP contribution in [0.15, 0.2) is 31.0 Å². The molecule has 2 aromatic rings. The van der Waals surface area contributed by atoms with Gasteiger partial charge in [-0.05, 0) is 43.7 Å². The van der Waals surface area contributed by atoms with E-state index in [2.05, 4.69) is 25.7 Å². The Kier molecular flexibility index (Phi) is 6.75. The fourth-order valence-corrected chi connectivity index (χ4v) is 3.80. The first kappa shape index (κ1) is 19.6. The second kappa shape index (κ2) is 8.60. The van der Waals surface area contributed by atoms with Gasteiger partial charge < -0.3 is 10.6 Å². The summed E-state index contributed by atoms with van der Waals surface area (Å²) in [6, 6.07) is 4.86. The van der Waals surface area contributed by atoms with Crippen LogP contribution in [0, 0.1) is 5.92 Å². The lowest BCUT2D eigenvalue weighted by Gasteiger charge is -2.28. The number of carbonyl (C=O) groups is 1. The van der Waals surface area contributed by atoms with Crippen LogP contribution in [0.3, 0.4) is 0 Å². The van der Waals surface area contributed by atoms with Crippen molar-refractivity contribution in [3.05, 3.63) is 31.0 Å². The summed E-state index contributed by atoms with van der Waals surface area (Å²) in [5, 5.41) is 10.7. The van der Waals surface area contributed by atoms with Crippen molar-refractivity contribution in [2.45, 2.75) is 44.2 Å². The fraction of sp³-hybridized carbons (Fsp3) is 0.500. The zero-order valence-electron chi connectivity index (χ0n) is 13.7. The number of nitrogens with one attached hydrogen (secondary N) is 2. The highest BCUT2D eigenvalue weighted by Crippen LogP contribution is 2.32. The fourth-order valence-electron chi connectivity index (χ4n) is 3.80. The zero-order valence-corrected chi connectivity index (χ0v) is 15.3. The van der Waals surface area contributed by atoms with Crippen molar-refractivity contribution in [1.82, 2.24) is 25.1 Å². The molecule has 2 aromatic heterocycles. The highest BCUT2D eigenvalue weighted by atomic mass is 35.5. The first-order valence-electron chi connectivity index (χ1n) is 8.14. The molecule has 2 aliphatic heterocycles. The summed E-state index contributed by atoms with van der Waals surface area (Å²) in [6.07, 6.45) is 9.98. The zero-order chi connectivity index (χ0) is 15.6. The molecule has 0 aliphatic carbocycles. The van der Waals surface area contributed by atoms with Gasteiger partial charge in [0.2, 0.25) is 5.91 Å². The Morgan fingerprint density at radius 2 is 2.04 bits per heavy atom. The van der Waals surface area contributed by atoms with Gasteiger partial charge in [0.15, 0.2) is 5.82 Å². The number of amides is 1. The molecular weight excluding hydrogens is 363 g/mol. The standard InChI is InChI=1S/C16H20N6O.2ClH/c23-15(8-11-6-12-3-4-13(7-11)20-12)21-14-2-1-5-18-16(14)22-10-17-9-19-22;;/h1-2,5,9-13,20H,3-4,6-8H2,(H,21,23);2*1H. The van der Waals surface area contributed by atoms with E-state index >= 15 is 0 Å². The number of nitrogens with zero attached hydrogens (tertiary/aromatic N) is 4. The quantitative estimate of drug-likeness (QED) is 0.844. The van der Waals surface area contributed by atoms with E-state index in [1.807, 2.05) is 6.07 Å². The molecule has 2 aliphatic rings. The van der Waals surface area contributed by atoms with E-state index in [-0.39, 0.29) is 30.7 Å². The third-order valence-electron chi connectivity index (χ3n) is 4.74. The first-order valence-corrected chi connectivity index (χ1v) is 8.14. The van der Waals surface area contributed by atoms with Gasteiger partial charge in [-0.3, -0.25) is 4.79 Å². The lowest BCUT2D eigenvalue weighted by molar-refractivity contribution is -0.117. The number of hydrogen-bond donors (Lipinski definition) is 2. The third-order valence-corrected chi connectivity index (χ3v) is 4.74. The largest absolute Gasteiger partial charge is 0.323 e. The van der Waals surface area contributed by atoms with Gasteiger partial charge in [-0.1, -0.05) is 0 Å². The number of pyridine rings is 1. The molecule has 0 saturated carbocycles. The Morgan fingerprint density at radius 1 is 1.28 bits per heavy atom. The normalized spacial score (nSPS) is 24.1. The van der Waals surface area contributed by atoms with E-state index in [9.17, 15) is 4.79 Å². The van der Waals surface area contributed by atoms with Crippen LogP contribution in [0.25, 0.3) is 5.82 Å². The van der Waals surface area contributed by atoms with Gasteiger partial charge in [0.25, 0.3) is 0 Å². The molecule has 0 spiro atoms. The highest BCUT2D eigenvalue weighted by Gasteiger charge is 2.34. The molecule has 0 radical (unpaired) electrons. The molecule has 9 heteroatoms. The molecule has 2 N–H and O–H groups in total. The second-order valence-electron chi connectivity index (χ2n) is 6.44. The minimum Gasteiger partial charge on any atom is -0.323 e. The van der Waals surface area contributed by atoms with Crippen LogP contribution < -0.4 is 10.6 Å². The molecule has 4 heterocycles. The van der Waals surface area contributed by atoms with Gasteiger partial charge in [-0.2, -0.15) is 5.10 Å². The number of aromatic nitrogens is 4. The van der Waals surface area contributed by atoms with Crippen LogP contribution in [-0.2, 0) is 4.79 Å². The average Bonchev–Trinajstić information content (AvgIpc) is 3.18. The summed E-state index contributed by atoms with van der Waals surface area (Å²) in [5.74, 6) is 1.11. The van der Waals surface area contributed by atoms with Gasteiger partial charge in [0.05, 0.1) is 5.69 Å². The summed E-state index contributed by atoms with van der Waals surface area (Å²) in [5.41, 5.74) is 0.667. The molecule has 2 unspecified atom stereocenters. The number of carbonyl (C=O) groups excluding carboxylic acids is 1. The van der Waals surface area contributed by atoms with Crippen molar-refractivity contribution in [2.24, 2.45) is 5.92 Å². The molecule has 4 rings (SSSR count). The molecule has 25 heavy (non-hydrogen) atoms. The molecule has 7 nitrogen and oxygen atoms in total. The van der Waals surface area contributed by atoms with E-state index in [0.29, 0.717) is 35.9 Å². The number of halogens is 2. The van der Waals surface area contributed by atoms with Gasteiger partial charge in [0.1, 0.15) is 12.7 Å². The average molecular weight is 385 g/mol. The predicted octanol–water partition coefficient (Wildman–Crippen LogP) is 2.37. The molecule has 2 fully saturated rings. The predicted molar refractivity (Wildman–Crippen MR) is 99.6 cm³/mol. The summed E-state index contributed by atoms with van der Waals surface area (Å²) in [7, 11) is 0. The maximum atomic E-state index is 12.4. The van der Waals surface area contributed by atoms with Crippen molar-refractivity contribution in [3.8, 4) is 5.82 Å². The Morgan fingerprint density at radius 3 is 2.72 bits per heavy atom. The van der Waals surface area contributed by atoms with E-state index < -0.39 is 0 Å². The van der Waals surface area contributed by atoms with Crippen molar-refractivity contribution in [3.63, 3.8) is 0 Å². The summed E-state index contributed by atoms with van der Waals surface area (Å²) in [4.78, 5) is 20.7. The smallest absolute Gasteiger partial charge is 0.224 e. The number of fused-ring (bicyclic) bond motifs is 2. The van der Waals surface area contributed by atoms with Crippen molar-refractivity contribution >= 4 is 36.4 Å². The number of hydrogen-bond acceptors (Lipinski definition) is 5. The van der Waals surface area contributed by atoms with Gasteiger partial charge >= 0.3 is 0 Å². The monoisotopic (exact) mass is 384 g/mol. The molecular formula is C16H22Cl2N6O. The Hall–Kier alpha value is -1.70. The van der Waals surface area contributed by atoms with Crippen LogP contribution in [0.2, 0.25) is 0 Å². The van der Waals surface area contributed by atoms with E-state index in [1.165, 1.54) is 19.2 Å². The van der Waals surface area contributed by atoms with Crippen LogP contribution >= 0.6 is 24.8 Å². The van der Waals surface area contributed by atoms with Crippen molar-refractivity contribution in [1.29, 1.82) is 0 Å². The molecule has 2 atom stereocenters. The SMILES string of the molecule is Cl.Cl.O=C(CC1CC2CCC(C1)N2)Nc1cccnc1-n1cncn1. The van der Waals surface area contributed by atoms with Crippen molar-refractivity contribution in [2.75, 3.05) is 5.32 Å². The minimum absolute atomic E-state index is 0. The van der Waals surface area contributed by atoms with Gasteiger partial charge in [-0.15, -0.1) is 24.8 Å². The summed E-state index contributed by atoms with van der Waals surface area (Å²) in [6.45, 7) is 0. The topological polar surface area (TPSA) is 84.7 Å². The van der Waals surface area contributed by atoms with Gasteiger partial charge in [0, 0.05) is 24.7 Å². The molecule has 136 valence electrons. The van der Waals surface area contributed by atoms with E-state index in [4.69, 9.17) is 0 Å². The Balaban J connectivity index is 0.00000113. The Bertz CT molecular complexity index is 684. The summed E-state index contributed by atoms with van der Waals surface area (Å²) >= 11 is 0. The molecule has 2 bridgehead atoms. The second-order valence-corrected chi connectivity index (χ2v) is 6.44.